The van der Waals surface area contributed by atoms with Gasteiger partial charge in [0.05, 0.1) is 6.04 Å². The highest BCUT2D eigenvalue weighted by Crippen LogP contribution is 2.34. The molecule has 0 saturated carbocycles. The molecule has 3 atom stereocenters. The van der Waals surface area contributed by atoms with Crippen molar-refractivity contribution in [2.75, 3.05) is 20.3 Å². The number of rotatable bonds is 6. The summed E-state index contributed by atoms with van der Waals surface area (Å²) in [6.07, 6.45) is 1.62. The number of hydrogen-bond acceptors (Lipinski definition) is 4. The van der Waals surface area contributed by atoms with E-state index in [1.165, 1.54) is 24.3 Å². The topological polar surface area (TPSA) is 76.7 Å². The number of carbonyl (C=O) groups is 2. The largest absolute Gasteiger partial charge is 0.381 e. The average molecular weight is 426 g/mol. The van der Waals surface area contributed by atoms with E-state index in [0.29, 0.717) is 38.0 Å². The van der Waals surface area contributed by atoms with Gasteiger partial charge in [-0.2, -0.15) is 0 Å². The number of hydrogen-bond donors (Lipinski definition) is 2. The molecule has 0 radical (unpaired) electrons. The Morgan fingerprint density at radius 1 is 1.10 bits per heavy atom. The van der Waals surface area contributed by atoms with Gasteiger partial charge in [0.15, 0.2) is 0 Å². The van der Waals surface area contributed by atoms with Gasteiger partial charge in [-0.15, -0.1) is 0 Å². The second-order valence-electron chi connectivity index (χ2n) is 8.05. The van der Waals surface area contributed by atoms with Crippen molar-refractivity contribution in [2.24, 2.45) is 5.92 Å². The summed E-state index contributed by atoms with van der Waals surface area (Å²) >= 11 is 0. The Morgan fingerprint density at radius 3 is 2.52 bits per heavy atom. The number of methoxy groups -OCH3 is 1. The summed E-state index contributed by atoms with van der Waals surface area (Å²) in [5, 5.41) is 5.93. The molecule has 0 aromatic heterocycles. The van der Waals surface area contributed by atoms with E-state index in [-0.39, 0.29) is 29.9 Å². The third-order valence-corrected chi connectivity index (χ3v) is 6.09. The van der Waals surface area contributed by atoms with Crippen LogP contribution >= 0.6 is 0 Å². The molecule has 1 aliphatic carbocycles. The Morgan fingerprint density at radius 2 is 1.81 bits per heavy atom. The molecule has 31 heavy (non-hydrogen) atoms. The summed E-state index contributed by atoms with van der Waals surface area (Å²) in [6.45, 7) is 1.06. The number of amides is 2. The molecular weight excluding hydrogens is 399 g/mol. The number of halogens is 1. The highest BCUT2D eigenvalue weighted by molar-refractivity contribution is 5.89. The van der Waals surface area contributed by atoms with Crippen molar-refractivity contribution in [3.8, 4) is 0 Å². The van der Waals surface area contributed by atoms with Crippen molar-refractivity contribution in [2.45, 2.75) is 37.5 Å². The molecule has 6 nitrogen and oxygen atoms in total. The van der Waals surface area contributed by atoms with Crippen LogP contribution in [0.2, 0.25) is 0 Å². The number of benzene rings is 2. The van der Waals surface area contributed by atoms with Gasteiger partial charge in [-0.1, -0.05) is 36.4 Å². The van der Waals surface area contributed by atoms with E-state index in [2.05, 4.69) is 10.6 Å². The first-order chi connectivity index (χ1) is 15.1. The minimum absolute atomic E-state index is 0.189. The van der Waals surface area contributed by atoms with Crippen LogP contribution in [0.4, 0.5) is 4.39 Å². The van der Waals surface area contributed by atoms with Crippen molar-refractivity contribution >= 4 is 11.8 Å². The molecule has 1 saturated heterocycles. The van der Waals surface area contributed by atoms with Crippen LogP contribution in [0.25, 0.3) is 0 Å². The first kappa shape index (κ1) is 21.5. The van der Waals surface area contributed by atoms with Gasteiger partial charge in [0.25, 0.3) is 0 Å². The van der Waals surface area contributed by atoms with Crippen molar-refractivity contribution in [1.29, 1.82) is 0 Å². The molecule has 1 heterocycles. The maximum Gasteiger partial charge on any atom is 0.247 e. The van der Waals surface area contributed by atoms with Gasteiger partial charge in [-0.25, -0.2) is 4.39 Å². The van der Waals surface area contributed by atoms with Crippen LogP contribution in [0.3, 0.4) is 0 Å². The summed E-state index contributed by atoms with van der Waals surface area (Å²) in [4.78, 5) is 26.2. The van der Waals surface area contributed by atoms with E-state index >= 15 is 0 Å². The molecule has 4 rings (SSSR count). The number of nitrogens with one attached hydrogen (secondary N) is 2. The maximum atomic E-state index is 13.5. The Bertz CT molecular complexity index is 927. The second kappa shape index (κ2) is 9.58. The smallest absolute Gasteiger partial charge is 0.247 e. The fraction of sp³-hybridized carbons (Fsp3) is 0.417. The molecule has 2 aromatic rings. The zero-order valence-electron chi connectivity index (χ0n) is 17.5. The summed E-state index contributed by atoms with van der Waals surface area (Å²) < 4.78 is 24.5. The molecular formula is C24H27FN2O4. The predicted octanol–water partition coefficient (Wildman–Crippen LogP) is 2.84. The van der Waals surface area contributed by atoms with Crippen molar-refractivity contribution < 1.29 is 23.5 Å². The molecule has 1 unspecified atom stereocenters. The van der Waals surface area contributed by atoms with E-state index in [9.17, 15) is 14.0 Å². The summed E-state index contributed by atoms with van der Waals surface area (Å²) in [6, 6.07) is 12.4. The molecule has 2 aromatic carbocycles. The molecule has 164 valence electrons. The fourth-order valence-electron chi connectivity index (χ4n) is 4.42. The first-order valence-corrected chi connectivity index (χ1v) is 10.6. The number of ether oxygens (including phenoxy) is 2. The lowest BCUT2D eigenvalue weighted by molar-refractivity contribution is -0.133. The summed E-state index contributed by atoms with van der Waals surface area (Å²) in [5.41, 5.74) is 2.72. The third kappa shape index (κ3) is 4.78. The Hall–Kier alpha value is -2.77. The van der Waals surface area contributed by atoms with Gasteiger partial charge in [0.1, 0.15) is 18.0 Å². The lowest BCUT2D eigenvalue weighted by atomic mass is 9.97. The second-order valence-corrected chi connectivity index (χ2v) is 8.05. The lowest BCUT2D eigenvalue weighted by Crippen LogP contribution is -2.47. The Balaban J connectivity index is 1.52. The molecule has 1 aliphatic heterocycles. The molecule has 7 heteroatoms. The number of carbonyl (C=O) groups excluding carboxylic acids is 2. The van der Waals surface area contributed by atoms with Crippen LogP contribution in [-0.4, -0.2) is 38.2 Å². The highest BCUT2D eigenvalue weighted by atomic mass is 19.1. The Kier molecular flexibility index (Phi) is 6.63. The summed E-state index contributed by atoms with van der Waals surface area (Å²) in [7, 11) is 1.62. The van der Waals surface area contributed by atoms with Gasteiger partial charge < -0.3 is 20.1 Å². The zero-order chi connectivity index (χ0) is 21.8. The van der Waals surface area contributed by atoms with E-state index in [4.69, 9.17) is 9.47 Å². The molecule has 1 fully saturated rings. The Labute approximate surface area is 181 Å². The molecule has 2 amide bonds. The molecule has 0 bridgehead atoms. The van der Waals surface area contributed by atoms with Crippen LogP contribution in [-0.2, 0) is 25.5 Å². The van der Waals surface area contributed by atoms with Crippen LogP contribution in [0.15, 0.2) is 48.5 Å². The minimum atomic E-state index is -0.919. The lowest BCUT2D eigenvalue weighted by Gasteiger charge is -2.27. The van der Waals surface area contributed by atoms with E-state index in [1.54, 1.807) is 7.11 Å². The zero-order valence-corrected chi connectivity index (χ0v) is 17.5. The normalized spacial score (nSPS) is 21.9. The SMILES string of the molecule is CO[C@@H]1c2ccccc2C[C@H]1NC(=O)C(NC(=O)C1CCOCC1)c1ccc(F)cc1. The van der Waals surface area contributed by atoms with Gasteiger partial charge in [-0.05, 0) is 48.1 Å². The standard InChI is InChI=1S/C24H27FN2O4/c1-30-22-19-5-3-2-4-17(19)14-20(22)26-24(29)21(15-6-8-18(25)9-7-15)27-23(28)16-10-12-31-13-11-16/h2-9,16,20-22H,10-14H2,1H3,(H,26,29)(H,27,28)/t20-,21?,22-/m1/s1. The van der Waals surface area contributed by atoms with E-state index < -0.39 is 11.9 Å². The third-order valence-electron chi connectivity index (χ3n) is 6.09. The molecule has 0 spiro atoms. The first-order valence-electron chi connectivity index (χ1n) is 10.6. The van der Waals surface area contributed by atoms with E-state index in [1.807, 2.05) is 24.3 Å². The highest BCUT2D eigenvalue weighted by Gasteiger charge is 2.36. The van der Waals surface area contributed by atoms with Crippen LogP contribution < -0.4 is 10.6 Å². The quantitative estimate of drug-likeness (QED) is 0.745. The average Bonchev–Trinajstić information content (AvgIpc) is 3.15. The van der Waals surface area contributed by atoms with Gasteiger partial charge >= 0.3 is 0 Å². The van der Waals surface area contributed by atoms with Gasteiger partial charge in [0.2, 0.25) is 11.8 Å². The van der Waals surface area contributed by atoms with Crippen molar-refractivity contribution in [1.82, 2.24) is 10.6 Å². The molecule has 2 aliphatic rings. The fourth-order valence-corrected chi connectivity index (χ4v) is 4.42. The monoisotopic (exact) mass is 426 g/mol. The van der Waals surface area contributed by atoms with Crippen LogP contribution in [0.1, 0.15) is 41.7 Å². The van der Waals surface area contributed by atoms with Crippen LogP contribution in [0, 0.1) is 11.7 Å². The summed E-state index contributed by atoms with van der Waals surface area (Å²) in [5.74, 6) is -1.13. The van der Waals surface area contributed by atoms with Crippen molar-refractivity contribution in [3.05, 3.63) is 71.0 Å². The van der Waals surface area contributed by atoms with Gasteiger partial charge in [0, 0.05) is 26.2 Å². The predicted molar refractivity (Wildman–Crippen MR) is 113 cm³/mol. The van der Waals surface area contributed by atoms with E-state index in [0.717, 1.165) is 11.1 Å². The van der Waals surface area contributed by atoms with Gasteiger partial charge in [-0.3, -0.25) is 9.59 Å². The minimum Gasteiger partial charge on any atom is -0.381 e. The maximum absolute atomic E-state index is 13.5. The molecule has 2 N–H and O–H groups in total. The van der Waals surface area contributed by atoms with Crippen LogP contribution in [0.5, 0.6) is 0 Å². The van der Waals surface area contributed by atoms with Crippen molar-refractivity contribution in [3.63, 3.8) is 0 Å². The number of fused-ring (bicyclic) bond motifs is 1.